The Kier molecular flexibility index (Phi) is 6.41. The molecule has 8 heteroatoms. The average molecular weight is 404 g/mol. The van der Waals surface area contributed by atoms with Crippen LogP contribution >= 0.6 is 11.3 Å². The van der Waals surface area contributed by atoms with E-state index in [1.165, 1.54) is 29.5 Å². The lowest BCUT2D eigenvalue weighted by Crippen LogP contribution is -2.30. The third-order valence-corrected chi connectivity index (χ3v) is 6.20. The van der Waals surface area contributed by atoms with Crippen LogP contribution in [0, 0.1) is 0 Å². The topological polar surface area (TPSA) is 87.6 Å². The van der Waals surface area contributed by atoms with Crippen molar-refractivity contribution in [3.63, 3.8) is 0 Å². The summed E-state index contributed by atoms with van der Waals surface area (Å²) >= 11 is 1.53. The van der Waals surface area contributed by atoms with Crippen LogP contribution in [0.25, 0.3) is 6.08 Å². The first-order valence-corrected chi connectivity index (χ1v) is 11.1. The van der Waals surface area contributed by atoms with Gasteiger partial charge in [0.1, 0.15) is 5.84 Å². The second-order valence-corrected chi connectivity index (χ2v) is 8.77. The fraction of sp³-hybridized carbons (Fsp3) is 0.263. The summed E-state index contributed by atoms with van der Waals surface area (Å²) in [4.78, 5) is 17.4. The van der Waals surface area contributed by atoms with E-state index < -0.39 is 10.0 Å². The number of aliphatic imine (C=N–C) groups is 1. The highest BCUT2D eigenvalue weighted by atomic mass is 32.2. The molecule has 142 valence electrons. The van der Waals surface area contributed by atoms with Gasteiger partial charge in [-0.05, 0) is 48.6 Å². The first-order valence-electron chi connectivity index (χ1n) is 8.72. The molecule has 2 N–H and O–H groups in total. The minimum absolute atomic E-state index is 0.0921. The molecule has 0 aliphatic carbocycles. The molecule has 1 aliphatic heterocycles. The molecule has 2 aromatic rings. The lowest BCUT2D eigenvalue weighted by molar-refractivity contribution is -0.111. The predicted molar refractivity (Wildman–Crippen MR) is 110 cm³/mol. The Hall–Kier alpha value is -2.45. The number of carbonyl (C=O) groups is 1. The van der Waals surface area contributed by atoms with E-state index >= 15 is 0 Å². The van der Waals surface area contributed by atoms with Gasteiger partial charge in [0.2, 0.25) is 5.91 Å². The van der Waals surface area contributed by atoms with E-state index in [1.807, 2.05) is 17.5 Å². The number of benzene rings is 1. The van der Waals surface area contributed by atoms with Crippen molar-refractivity contribution in [3.05, 3.63) is 52.7 Å². The fourth-order valence-corrected chi connectivity index (χ4v) is 4.39. The Balaban J connectivity index is 1.68. The molecule has 0 saturated carbocycles. The van der Waals surface area contributed by atoms with E-state index in [9.17, 15) is 13.2 Å². The molecule has 0 unspecified atom stereocenters. The second kappa shape index (κ2) is 8.96. The van der Waals surface area contributed by atoms with Crippen molar-refractivity contribution in [1.29, 1.82) is 0 Å². The van der Waals surface area contributed by atoms with Crippen LogP contribution in [0.15, 0.2) is 57.7 Å². The highest BCUT2D eigenvalue weighted by Gasteiger charge is 2.17. The van der Waals surface area contributed by atoms with Gasteiger partial charge >= 0.3 is 0 Å². The van der Waals surface area contributed by atoms with Crippen LogP contribution in [0.4, 0.5) is 5.69 Å². The summed E-state index contributed by atoms with van der Waals surface area (Å²) in [7, 11) is -3.73. The maximum absolute atomic E-state index is 12.6. The fourth-order valence-electron chi connectivity index (χ4n) is 2.64. The SMILES string of the molecule is O=C(/C=C/c1cccs1)Nc1cccc(S(=O)(=O)NC2=NCCCCC2)c1. The number of nitrogens with one attached hydrogen (secondary N) is 2. The molecule has 1 amide bonds. The standard InChI is InChI=1S/C19H21N3O3S2/c23-19(11-10-16-7-5-13-26-16)21-15-6-4-8-17(14-15)27(24,25)22-18-9-2-1-3-12-20-18/h4-8,10-11,13-14H,1-3,9,12H2,(H,20,22)(H,21,23)/b11-10+. The van der Waals surface area contributed by atoms with Gasteiger partial charge in [-0.25, -0.2) is 8.42 Å². The quantitative estimate of drug-likeness (QED) is 0.747. The summed E-state index contributed by atoms with van der Waals surface area (Å²) < 4.78 is 27.8. The number of sulfonamides is 1. The van der Waals surface area contributed by atoms with Crippen LogP contribution in [0.5, 0.6) is 0 Å². The van der Waals surface area contributed by atoms with Gasteiger partial charge < -0.3 is 5.32 Å². The maximum Gasteiger partial charge on any atom is 0.262 e. The Morgan fingerprint density at radius 2 is 2.04 bits per heavy atom. The minimum Gasteiger partial charge on any atom is -0.322 e. The molecule has 0 atom stereocenters. The molecule has 6 nitrogen and oxygen atoms in total. The van der Waals surface area contributed by atoms with Crippen LogP contribution in [0.3, 0.4) is 0 Å². The van der Waals surface area contributed by atoms with Crippen LogP contribution < -0.4 is 10.0 Å². The van der Waals surface area contributed by atoms with Gasteiger partial charge in [-0.15, -0.1) is 11.3 Å². The van der Waals surface area contributed by atoms with Gasteiger partial charge in [-0.3, -0.25) is 14.5 Å². The van der Waals surface area contributed by atoms with Crippen molar-refractivity contribution >= 4 is 44.9 Å². The molecular weight excluding hydrogens is 382 g/mol. The summed E-state index contributed by atoms with van der Waals surface area (Å²) in [6.07, 6.45) is 6.72. The zero-order valence-electron chi connectivity index (χ0n) is 14.7. The monoisotopic (exact) mass is 403 g/mol. The lowest BCUT2D eigenvalue weighted by atomic mass is 10.2. The molecule has 0 fully saturated rings. The Labute approximate surface area is 163 Å². The molecule has 27 heavy (non-hydrogen) atoms. The highest BCUT2D eigenvalue weighted by Crippen LogP contribution is 2.17. The maximum atomic E-state index is 12.6. The van der Waals surface area contributed by atoms with E-state index in [-0.39, 0.29) is 10.8 Å². The van der Waals surface area contributed by atoms with Crippen molar-refractivity contribution in [2.45, 2.75) is 30.6 Å². The molecule has 0 spiro atoms. The Morgan fingerprint density at radius 3 is 2.85 bits per heavy atom. The number of carbonyl (C=O) groups excluding carboxylic acids is 1. The normalized spacial score (nSPS) is 15.2. The molecular formula is C19H21N3O3S2. The van der Waals surface area contributed by atoms with E-state index in [2.05, 4.69) is 15.0 Å². The zero-order chi connectivity index (χ0) is 19.1. The number of amides is 1. The van der Waals surface area contributed by atoms with Crippen molar-refractivity contribution in [2.24, 2.45) is 4.99 Å². The number of hydrogen-bond donors (Lipinski definition) is 2. The number of thiophene rings is 1. The van der Waals surface area contributed by atoms with Crippen LogP contribution in [0.1, 0.15) is 30.6 Å². The van der Waals surface area contributed by atoms with Crippen molar-refractivity contribution in [3.8, 4) is 0 Å². The molecule has 3 rings (SSSR count). The molecule has 0 radical (unpaired) electrons. The number of anilines is 1. The minimum atomic E-state index is -3.73. The lowest BCUT2D eigenvalue weighted by Gasteiger charge is -2.11. The van der Waals surface area contributed by atoms with Gasteiger partial charge in [0.05, 0.1) is 4.90 Å². The van der Waals surface area contributed by atoms with Gasteiger partial charge in [0, 0.05) is 29.6 Å². The molecule has 1 aromatic heterocycles. The van der Waals surface area contributed by atoms with Crippen molar-refractivity contribution < 1.29 is 13.2 Å². The van der Waals surface area contributed by atoms with Gasteiger partial charge in [-0.1, -0.05) is 18.6 Å². The second-order valence-electron chi connectivity index (χ2n) is 6.11. The molecule has 1 aliphatic rings. The molecule has 0 saturated heterocycles. The van der Waals surface area contributed by atoms with Gasteiger partial charge in [0.25, 0.3) is 10.0 Å². The average Bonchev–Trinajstić information content (AvgIpc) is 3.04. The van der Waals surface area contributed by atoms with E-state index in [4.69, 9.17) is 0 Å². The van der Waals surface area contributed by atoms with Gasteiger partial charge in [0.15, 0.2) is 0 Å². The molecule has 0 bridgehead atoms. The number of hydrogen-bond acceptors (Lipinski definition) is 5. The third-order valence-electron chi connectivity index (χ3n) is 3.98. The van der Waals surface area contributed by atoms with E-state index in [0.717, 1.165) is 24.1 Å². The number of nitrogens with zero attached hydrogens (tertiary/aromatic N) is 1. The number of amidine groups is 1. The van der Waals surface area contributed by atoms with E-state index in [1.54, 1.807) is 18.2 Å². The van der Waals surface area contributed by atoms with Gasteiger partial charge in [-0.2, -0.15) is 0 Å². The van der Waals surface area contributed by atoms with Crippen LogP contribution in [-0.4, -0.2) is 26.7 Å². The van der Waals surface area contributed by atoms with Crippen LogP contribution in [0.2, 0.25) is 0 Å². The van der Waals surface area contributed by atoms with Crippen LogP contribution in [-0.2, 0) is 14.8 Å². The summed E-state index contributed by atoms with van der Waals surface area (Å²) in [6.45, 7) is 0.643. The Morgan fingerprint density at radius 1 is 1.15 bits per heavy atom. The summed E-state index contributed by atoms with van der Waals surface area (Å²) in [6, 6.07) is 10.0. The third kappa shape index (κ3) is 5.77. The summed E-state index contributed by atoms with van der Waals surface area (Å²) in [5.41, 5.74) is 0.418. The zero-order valence-corrected chi connectivity index (χ0v) is 16.4. The summed E-state index contributed by atoms with van der Waals surface area (Å²) in [5, 5.41) is 4.61. The number of rotatable bonds is 5. The Bertz CT molecular complexity index is 948. The van der Waals surface area contributed by atoms with E-state index in [0.29, 0.717) is 24.5 Å². The van der Waals surface area contributed by atoms with Crippen molar-refractivity contribution in [1.82, 2.24) is 4.72 Å². The molecule has 2 heterocycles. The first kappa shape index (κ1) is 19.3. The molecule has 1 aromatic carbocycles. The highest BCUT2D eigenvalue weighted by molar-refractivity contribution is 7.90. The largest absolute Gasteiger partial charge is 0.322 e. The predicted octanol–water partition coefficient (Wildman–Crippen LogP) is 3.65. The smallest absolute Gasteiger partial charge is 0.262 e. The van der Waals surface area contributed by atoms with Crippen molar-refractivity contribution in [2.75, 3.05) is 11.9 Å². The first-order chi connectivity index (χ1) is 13.0. The summed E-state index contributed by atoms with van der Waals surface area (Å²) in [5.74, 6) is 0.180.